The zero-order chi connectivity index (χ0) is 15.3. The predicted molar refractivity (Wildman–Crippen MR) is 67.1 cm³/mol. The molecular formula is C12H14F3N3O2. The fourth-order valence-corrected chi connectivity index (χ4v) is 1.64. The Morgan fingerprint density at radius 2 is 1.95 bits per heavy atom. The van der Waals surface area contributed by atoms with Crippen molar-refractivity contribution in [2.24, 2.45) is 5.73 Å². The van der Waals surface area contributed by atoms with E-state index in [1.807, 2.05) is 0 Å². The average molecular weight is 289 g/mol. The van der Waals surface area contributed by atoms with E-state index in [-0.39, 0.29) is 24.2 Å². The fraction of sp³-hybridized carbons (Fsp3) is 0.333. The van der Waals surface area contributed by atoms with E-state index in [0.29, 0.717) is 0 Å². The number of hydrogen-bond donors (Lipinski definition) is 3. The summed E-state index contributed by atoms with van der Waals surface area (Å²) in [6.07, 6.45) is -4.65. The van der Waals surface area contributed by atoms with Gasteiger partial charge in [0.15, 0.2) is 0 Å². The molecule has 5 nitrogen and oxygen atoms in total. The smallest absolute Gasteiger partial charge is 0.387 e. The second-order valence-corrected chi connectivity index (χ2v) is 3.95. The van der Waals surface area contributed by atoms with Crippen LogP contribution in [0, 0.1) is 0 Å². The highest BCUT2D eigenvalue weighted by Gasteiger charge is 2.34. The zero-order valence-electron chi connectivity index (χ0n) is 10.7. The molecule has 0 bridgehead atoms. The lowest BCUT2D eigenvalue weighted by molar-refractivity contribution is -0.137. The van der Waals surface area contributed by atoms with E-state index in [4.69, 9.17) is 5.73 Å². The normalized spacial score (nSPS) is 11.0. The lowest BCUT2D eigenvalue weighted by Crippen LogP contribution is -2.29. The Hall–Kier alpha value is -2.25. The van der Waals surface area contributed by atoms with Crippen molar-refractivity contribution in [1.29, 1.82) is 0 Å². The molecular weight excluding hydrogens is 275 g/mol. The van der Waals surface area contributed by atoms with Gasteiger partial charge in [0.2, 0.25) is 5.91 Å². The quantitative estimate of drug-likeness (QED) is 0.765. The van der Waals surface area contributed by atoms with E-state index in [1.165, 1.54) is 13.1 Å². The van der Waals surface area contributed by atoms with Crippen LogP contribution in [0.4, 0.5) is 18.9 Å². The summed E-state index contributed by atoms with van der Waals surface area (Å²) in [6, 6.07) is 3.29. The molecule has 2 amide bonds. The van der Waals surface area contributed by atoms with Crippen LogP contribution >= 0.6 is 0 Å². The number of amides is 2. The molecule has 0 atom stereocenters. The number of nitrogens with one attached hydrogen (secondary N) is 2. The molecule has 0 aliphatic rings. The number of carbonyl (C=O) groups is 2. The van der Waals surface area contributed by atoms with Crippen LogP contribution in [0.15, 0.2) is 18.2 Å². The first-order valence-corrected chi connectivity index (χ1v) is 5.71. The third-order valence-electron chi connectivity index (χ3n) is 2.52. The van der Waals surface area contributed by atoms with Crippen molar-refractivity contribution in [3.05, 3.63) is 29.3 Å². The van der Waals surface area contributed by atoms with Gasteiger partial charge in [0.1, 0.15) is 0 Å². The lowest BCUT2D eigenvalue weighted by atomic mass is 10.1. The summed E-state index contributed by atoms with van der Waals surface area (Å²) < 4.78 is 38.4. The second kappa shape index (κ2) is 6.27. The third kappa shape index (κ3) is 3.87. The molecule has 4 N–H and O–H groups in total. The van der Waals surface area contributed by atoms with Crippen LogP contribution < -0.4 is 16.4 Å². The molecule has 0 aliphatic heterocycles. The van der Waals surface area contributed by atoms with E-state index in [0.717, 1.165) is 12.1 Å². The zero-order valence-corrected chi connectivity index (χ0v) is 10.7. The van der Waals surface area contributed by atoms with E-state index in [1.54, 1.807) is 0 Å². The van der Waals surface area contributed by atoms with Gasteiger partial charge < -0.3 is 16.4 Å². The Labute approximate surface area is 113 Å². The molecule has 0 unspecified atom stereocenters. The van der Waals surface area contributed by atoms with Gasteiger partial charge in [0.25, 0.3) is 5.91 Å². The van der Waals surface area contributed by atoms with Crippen LogP contribution in [-0.2, 0) is 11.0 Å². The van der Waals surface area contributed by atoms with Crippen LogP contribution in [0.5, 0.6) is 0 Å². The molecule has 0 saturated carbocycles. The first-order chi connectivity index (χ1) is 9.27. The van der Waals surface area contributed by atoms with Gasteiger partial charge in [0.05, 0.1) is 16.8 Å². The minimum absolute atomic E-state index is 0.0342. The maximum Gasteiger partial charge on any atom is 0.418 e. The number of halogens is 3. The van der Waals surface area contributed by atoms with Crippen LogP contribution in [-0.4, -0.2) is 25.4 Å². The van der Waals surface area contributed by atoms with Crippen molar-refractivity contribution in [3.63, 3.8) is 0 Å². The summed E-state index contributed by atoms with van der Waals surface area (Å²) in [5.41, 5.74) is 3.52. The average Bonchev–Trinajstić information content (AvgIpc) is 2.36. The molecule has 0 aromatic heterocycles. The van der Waals surface area contributed by atoms with Gasteiger partial charge in [-0.05, 0) is 12.1 Å². The molecule has 0 saturated heterocycles. The summed E-state index contributed by atoms with van der Waals surface area (Å²) in [5.74, 6) is -1.31. The van der Waals surface area contributed by atoms with Crippen LogP contribution in [0.1, 0.15) is 22.3 Å². The van der Waals surface area contributed by atoms with E-state index in [2.05, 4.69) is 10.6 Å². The predicted octanol–water partition coefficient (Wildman–Crippen LogP) is 1.35. The Morgan fingerprint density at radius 1 is 1.30 bits per heavy atom. The molecule has 1 aromatic carbocycles. The first-order valence-electron chi connectivity index (χ1n) is 5.71. The number of benzene rings is 1. The molecule has 8 heteroatoms. The van der Waals surface area contributed by atoms with E-state index >= 15 is 0 Å². The molecule has 110 valence electrons. The first kappa shape index (κ1) is 15.8. The van der Waals surface area contributed by atoms with Crippen molar-refractivity contribution in [2.45, 2.75) is 12.6 Å². The number of hydrogen-bond acceptors (Lipinski definition) is 3. The number of rotatable bonds is 5. The minimum Gasteiger partial charge on any atom is -0.387 e. The SMILES string of the molecule is CNc1c(C(=O)NCCC(N)=O)cccc1C(F)(F)F. The fourth-order valence-electron chi connectivity index (χ4n) is 1.64. The second-order valence-electron chi connectivity index (χ2n) is 3.95. The van der Waals surface area contributed by atoms with Crippen LogP contribution in [0.3, 0.4) is 0 Å². The largest absolute Gasteiger partial charge is 0.418 e. The summed E-state index contributed by atoms with van der Waals surface area (Å²) in [6.45, 7) is -0.0342. The van der Waals surface area contributed by atoms with Crippen molar-refractivity contribution in [3.8, 4) is 0 Å². The van der Waals surface area contributed by atoms with Gasteiger partial charge in [-0.15, -0.1) is 0 Å². The molecule has 0 fully saturated rings. The minimum atomic E-state index is -4.57. The molecule has 0 aliphatic carbocycles. The summed E-state index contributed by atoms with van der Waals surface area (Å²) in [5, 5.41) is 4.71. The third-order valence-corrected chi connectivity index (χ3v) is 2.52. The molecule has 1 rings (SSSR count). The maximum absolute atomic E-state index is 12.8. The summed E-state index contributed by atoms with van der Waals surface area (Å²) in [4.78, 5) is 22.4. The topological polar surface area (TPSA) is 84.2 Å². The molecule has 1 aromatic rings. The number of primary amides is 1. The number of alkyl halides is 3. The lowest BCUT2D eigenvalue weighted by Gasteiger charge is -2.16. The maximum atomic E-state index is 12.8. The number of nitrogens with two attached hydrogens (primary N) is 1. The van der Waals surface area contributed by atoms with Crippen molar-refractivity contribution < 1.29 is 22.8 Å². The number of anilines is 1. The van der Waals surface area contributed by atoms with Crippen molar-refractivity contribution in [2.75, 3.05) is 18.9 Å². The standard InChI is InChI=1S/C12H14F3N3O2/c1-17-10-7(11(20)18-6-5-9(16)19)3-2-4-8(10)12(13,14)15/h2-4,17H,5-6H2,1H3,(H2,16,19)(H,18,20). The molecule has 0 radical (unpaired) electrons. The van der Waals surface area contributed by atoms with Crippen LogP contribution in [0.2, 0.25) is 0 Å². The van der Waals surface area contributed by atoms with Gasteiger partial charge in [-0.1, -0.05) is 6.07 Å². The summed E-state index contributed by atoms with van der Waals surface area (Å²) in [7, 11) is 1.30. The molecule has 0 heterocycles. The van der Waals surface area contributed by atoms with Crippen LogP contribution in [0.25, 0.3) is 0 Å². The molecule has 20 heavy (non-hydrogen) atoms. The monoisotopic (exact) mass is 289 g/mol. The Bertz CT molecular complexity index is 515. The van der Waals surface area contributed by atoms with E-state index < -0.39 is 23.6 Å². The number of carbonyl (C=O) groups excluding carboxylic acids is 2. The molecule has 0 spiro atoms. The van der Waals surface area contributed by atoms with Gasteiger partial charge in [-0.2, -0.15) is 13.2 Å². The van der Waals surface area contributed by atoms with Crippen molar-refractivity contribution >= 4 is 17.5 Å². The van der Waals surface area contributed by atoms with Gasteiger partial charge in [-0.3, -0.25) is 9.59 Å². The Kier molecular flexibility index (Phi) is 4.95. The van der Waals surface area contributed by atoms with Gasteiger partial charge >= 0.3 is 6.18 Å². The highest BCUT2D eigenvalue weighted by Crippen LogP contribution is 2.36. The summed E-state index contributed by atoms with van der Waals surface area (Å²) >= 11 is 0. The Morgan fingerprint density at radius 3 is 2.45 bits per heavy atom. The highest BCUT2D eigenvalue weighted by atomic mass is 19.4. The van der Waals surface area contributed by atoms with E-state index in [9.17, 15) is 22.8 Å². The number of para-hydroxylation sites is 1. The Balaban J connectivity index is 3.00. The highest BCUT2D eigenvalue weighted by molar-refractivity contribution is 6.00. The van der Waals surface area contributed by atoms with Gasteiger partial charge in [-0.25, -0.2) is 0 Å². The van der Waals surface area contributed by atoms with Gasteiger partial charge in [0, 0.05) is 20.0 Å². The van der Waals surface area contributed by atoms with Crippen molar-refractivity contribution in [1.82, 2.24) is 5.32 Å².